The van der Waals surface area contributed by atoms with Gasteiger partial charge in [0, 0.05) is 26.2 Å². The van der Waals surface area contributed by atoms with E-state index in [9.17, 15) is 9.59 Å². The minimum absolute atomic E-state index is 0.0206. The summed E-state index contributed by atoms with van der Waals surface area (Å²) < 4.78 is 5.65. The Hall–Kier alpha value is -1.34. The number of aliphatic carboxylic acids is 1. The first-order chi connectivity index (χ1) is 11.5. The molecule has 0 bridgehead atoms. The Labute approximate surface area is 144 Å². The van der Waals surface area contributed by atoms with E-state index in [2.05, 4.69) is 5.32 Å². The molecule has 0 aromatic heterocycles. The molecule has 2 amide bonds. The largest absolute Gasteiger partial charge is 0.480 e. The predicted octanol–water partition coefficient (Wildman–Crippen LogP) is 1.38. The molecule has 138 valence electrons. The minimum Gasteiger partial charge on any atom is -0.480 e. The maximum absolute atomic E-state index is 12.3. The number of ether oxygens (including phenoxy) is 1. The summed E-state index contributed by atoms with van der Waals surface area (Å²) in [5, 5.41) is 11.8. The van der Waals surface area contributed by atoms with Crippen LogP contribution in [0.2, 0.25) is 0 Å². The fraction of sp³-hybridized carbons (Fsp3) is 0.882. The number of nitrogens with one attached hydrogen (secondary N) is 1. The van der Waals surface area contributed by atoms with Gasteiger partial charge in [0.2, 0.25) is 0 Å². The summed E-state index contributed by atoms with van der Waals surface area (Å²) in [5.41, 5.74) is 0. The molecular formula is C17H31N3O4. The zero-order valence-corrected chi connectivity index (χ0v) is 14.7. The lowest BCUT2D eigenvalue weighted by atomic mass is 10.0. The molecule has 1 atom stereocenters. The van der Waals surface area contributed by atoms with Crippen LogP contribution in [0.3, 0.4) is 0 Å². The van der Waals surface area contributed by atoms with Crippen molar-refractivity contribution in [3.8, 4) is 0 Å². The topological polar surface area (TPSA) is 82.1 Å². The van der Waals surface area contributed by atoms with Crippen molar-refractivity contribution in [3.63, 3.8) is 0 Å². The third-order valence-electron chi connectivity index (χ3n) is 4.89. The van der Waals surface area contributed by atoms with E-state index in [1.165, 1.54) is 32.1 Å². The van der Waals surface area contributed by atoms with Crippen molar-refractivity contribution in [2.75, 3.05) is 46.4 Å². The Kier molecular flexibility index (Phi) is 7.78. The van der Waals surface area contributed by atoms with E-state index in [4.69, 9.17) is 9.84 Å². The molecule has 0 aromatic rings. The number of carboxylic acid groups (broad SMARTS) is 1. The summed E-state index contributed by atoms with van der Waals surface area (Å²) >= 11 is 0. The molecule has 0 radical (unpaired) electrons. The Morgan fingerprint density at radius 2 is 2.08 bits per heavy atom. The molecule has 2 rings (SSSR count). The highest BCUT2D eigenvalue weighted by Crippen LogP contribution is 2.28. The molecule has 1 aliphatic carbocycles. The highest BCUT2D eigenvalue weighted by atomic mass is 16.5. The van der Waals surface area contributed by atoms with Crippen molar-refractivity contribution >= 4 is 12.0 Å². The van der Waals surface area contributed by atoms with E-state index in [-0.39, 0.29) is 18.7 Å². The first-order valence-electron chi connectivity index (χ1n) is 9.09. The van der Waals surface area contributed by atoms with Gasteiger partial charge in [-0.05, 0) is 25.8 Å². The smallest absolute Gasteiger partial charge is 0.317 e. The van der Waals surface area contributed by atoms with Gasteiger partial charge in [0.15, 0.2) is 0 Å². The van der Waals surface area contributed by atoms with Crippen molar-refractivity contribution in [1.82, 2.24) is 15.1 Å². The monoisotopic (exact) mass is 341 g/mol. The molecule has 0 aromatic carbocycles. The Morgan fingerprint density at radius 1 is 1.33 bits per heavy atom. The van der Waals surface area contributed by atoms with Crippen LogP contribution in [0.15, 0.2) is 0 Å². The maximum Gasteiger partial charge on any atom is 0.317 e. The molecule has 0 spiro atoms. The van der Waals surface area contributed by atoms with Gasteiger partial charge in [0.25, 0.3) is 0 Å². The summed E-state index contributed by atoms with van der Waals surface area (Å²) in [7, 11) is 1.75. The van der Waals surface area contributed by atoms with Crippen LogP contribution in [0.4, 0.5) is 4.79 Å². The average molecular weight is 341 g/mol. The zero-order chi connectivity index (χ0) is 17.4. The van der Waals surface area contributed by atoms with Gasteiger partial charge in [0.05, 0.1) is 19.3 Å². The number of rotatable bonds is 8. The second-order valence-electron chi connectivity index (χ2n) is 7.05. The number of hydrogen-bond acceptors (Lipinski definition) is 4. The Morgan fingerprint density at radius 3 is 2.79 bits per heavy atom. The quantitative estimate of drug-likeness (QED) is 0.652. The van der Waals surface area contributed by atoms with Crippen LogP contribution in [0, 0.1) is 5.92 Å². The molecule has 1 saturated carbocycles. The van der Waals surface area contributed by atoms with E-state index < -0.39 is 5.97 Å². The maximum atomic E-state index is 12.3. The van der Waals surface area contributed by atoms with Gasteiger partial charge in [-0.2, -0.15) is 0 Å². The van der Waals surface area contributed by atoms with Crippen LogP contribution in [-0.2, 0) is 9.53 Å². The van der Waals surface area contributed by atoms with Gasteiger partial charge in [-0.15, -0.1) is 0 Å². The van der Waals surface area contributed by atoms with Crippen LogP contribution in [0.25, 0.3) is 0 Å². The summed E-state index contributed by atoms with van der Waals surface area (Å²) in [6.07, 6.45) is 7.56. The molecule has 1 heterocycles. The summed E-state index contributed by atoms with van der Waals surface area (Å²) in [5.74, 6) is 0.00427. The van der Waals surface area contributed by atoms with Crippen molar-refractivity contribution in [1.29, 1.82) is 0 Å². The summed E-state index contributed by atoms with van der Waals surface area (Å²) in [6.45, 7) is 2.83. The van der Waals surface area contributed by atoms with Crippen molar-refractivity contribution < 1.29 is 19.4 Å². The Bertz CT molecular complexity index is 413. The van der Waals surface area contributed by atoms with Gasteiger partial charge in [-0.3, -0.25) is 9.69 Å². The normalized spacial score (nSPS) is 22.1. The fourth-order valence-electron chi connectivity index (χ4n) is 3.65. The highest BCUT2D eigenvalue weighted by Gasteiger charge is 2.25. The number of carbonyl (C=O) groups excluding carboxylic acids is 1. The second-order valence-corrected chi connectivity index (χ2v) is 7.05. The molecule has 2 N–H and O–H groups in total. The van der Waals surface area contributed by atoms with Crippen LogP contribution in [0.5, 0.6) is 0 Å². The number of hydrogen-bond donors (Lipinski definition) is 2. The van der Waals surface area contributed by atoms with Crippen molar-refractivity contribution in [2.45, 2.75) is 44.6 Å². The average Bonchev–Trinajstić information content (AvgIpc) is 3.04. The minimum atomic E-state index is -0.856. The van der Waals surface area contributed by atoms with E-state index >= 15 is 0 Å². The predicted molar refractivity (Wildman–Crippen MR) is 91.0 cm³/mol. The number of nitrogens with zero attached hydrogens (tertiary/aromatic N) is 2. The first kappa shape index (κ1) is 19.0. The summed E-state index contributed by atoms with van der Waals surface area (Å²) in [4.78, 5) is 26.4. The highest BCUT2D eigenvalue weighted by molar-refractivity contribution is 5.74. The number of carboxylic acids is 1. The third-order valence-corrected chi connectivity index (χ3v) is 4.89. The molecule has 7 heteroatoms. The lowest BCUT2D eigenvalue weighted by Crippen LogP contribution is -2.52. The van der Waals surface area contributed by atoms with E-state index in [0.717, 1.165) is 18.9 Å². The molecule has 2 fully saturated rings. The second kappa shape index (κ2) is 9.84. The summed E-state index contributed by atoms with van der Waals surface area (Å²) in [6, 6.07) is -0.0318. The van der Waals surface area contributed by atoms with Gasteiger partial charge in [-0.1, -0.05) is 25.7 Å². The molecule has 1 unspecified atom stereocenters. The molecule has 1 aliphatic heterocycles. The van der Waals surface area contributed by atoms with Gasteiger partial charge in [-0.25, -0.2) is 4.79 Å². The molecule has 1 saturated heterocycles. The van der Waals surface area contributed by atoms with Crippen LogP contribution < -0.4 is 5.32 Å². The molecule has 24 heavy (non-hydrogen) atoms. The number of amides is 2. The van der Waals surface area contributed by atoms with E-state index in [1.54, 1.807) is 16.8 Å². The van der Waals surface area contributed by atoms with Gasteiger partial charge >= 0.3 is 12.0 Å². The Balaban J connectivity index is 1.63. The number of likely N-dealkylation sites (N-methyl/N-ethyl adjacent to an activating group) is 1. The standard InChI is InChI=1S/C17H31N3O4/c1-19(13-16(21)22)11-15-12-20(9-10-24-15)17(23)18-8-4-7-14-5-2-3-6-14/h14-15H,2-13H2,1H3,(H,18,23)(H,21,22). The first-order valence-corrected chi connectivity index (χ1v) is 9.09. The number of urea groups is 1. The van der Waals surface area contributed by atoms with Gasteiger partial charge < -0.3 is 20.1 Å². The van der Waals surface area contributed by atoms with E-state index in [1.807, 2.05) is 0 Å². The zero-order valence-electron chi connectivity index (χ0n) is 14.7. The van der Waals surface area contributed by atoms with Crippen LogP contribution in [0.1, 0.15) is 38.5 Å². The SMILES string of the molecule is CN(CC(=O)O)CC1CN(C(=O)NCCCC2CCCC2)CCO1. The van der Waals surface area contributed by atoms with Gasteiger partial charge in [0.1, 0.15) is 0 Å². The van der Waals surface area contributed by atoms with Crippen LogP contribution in [-0.4, -0.2) is 79.4 Å². The number of morpholine rings is 1. The lowest BCUT2D eigenvalue weighted by molar-refractivity contribution is -0.138. The third kappa shape index (κ3) is 6.65. The van der Waals surface area contributed by atoms with Crippen LogP contribution >= 0.6 is 0 Å². The molecular weight excluding hydrogens is 310 g/mol. The molecule has 2 aliphatic rings. The molecule has 7 nitrogen and oxygen atoms in total. The van der Waals surface area contributed by atoms with E-state index in [0.29, 0.717) is 26.2 Å². The fourth-order valence-corrected chi connectivity index (χ4v) is 3.65. The lowest BCUT2D eigenvalue weighted by Gasteiger charge is -2.34. The number of carbonyl (C=O) groups is 2. The van der Waals surface area contributed by atoms with Crippen molar-refractivity contribution in [2.24, 2.45) is 5.92 Å². The van der Waals surface area contributed by atoms with Crippen molar-refractivity contribution in [3.05, 3.63) is 0 Å².